The van der Waals surface area contributed by atoms with Crippen molar-refractivity contribution < 1.29 is 69.3 Å². The molecule has 8 aliphatic rings. The van der Waals surface area contributed by atoms with Gasteiger partial charge in [0.15, 0.2) is 18.4 Å². The lowest BCUT2D eigenvalue weighted by Crippen LogP contribution is -2.66. The van der Waals surface area contributed by atoms with E-state index in [0.29, 0.717) is 24.2 Å². The van der Waals surface area contributed by atoms with Gasteiger partial charge in [-0.15, -0.1) is 0 Å². The Bertz CT molecular complexity index is 1390. The van der Waals surface area contributed by atoms with Crippen LogP contribution in [0.5, 0.6) is 0 Å². The van der Waals surface area contributed by atoms with E-state index in [1.807, 2.05) is 0 Å². The van der Waals surface area contributed by atoms with E-state index in [1.165, 1.54) is 12.5 Å². The van der Waals surface area contributed by atoms with Crippen molar-refractivity contribution in [2.75, 3.05) is 13.2 Å². The van der Waals surface area contributed by atoms with Crippen LogP contribution in [0.3, 0.4) is 0 Å². The van der Waals surface area contributed by atoms with Gasteiger partial charge in [-0.3, -0.25) is 0 Å². The highest BCUT2D eigenvalue weighted by molar-refractivity contribution is 5.32. The summed E-state index contributed by atoms with van der Waals surface area (Å²) in [5, 5.41) is 87.3. The molecule has 3 saturated carbocycles. The van der Waals surface area contributed by atoms with E-state index in [9.17, 15) is 40.9 Å². The lowest BCUT2D eigenvalue weighted by atomic mass is 9.45. The largest absolute Gasteiger partial charge is 0.394 e. The zero-order chi connectivity index (χ0) is 38.0. The lowest BCUT2D eigenvalue weighted by Gasteiger charge is -2.62. The summed E-state index contributed by atoms with van der Waals surface area (Å²) >= 11 is 0. The van der Waals surface area contributed by atoms with Gasteiger partial charge in [0.2, 0.25) is 0 Å². The zero-order valence-electron chi connectivity index (χ0n) is 31.6. The third-order valence-electron chi connectivity index (χ3n) is 15.7. The van der Waals surface area contributed by atoms with Crippen molar-refractivity contribution in [1.29, 1.82) is 0 Å². The Kier molecular flexibility index (Phi) is 10.0. The molecule has 14 heteroatoms. The second-order valence-electron chi connectivity index (χ2n) is 18.6. The smallest absolute Gasteiger partial charge is 0.187 e. The summed E-state index contributed by atoms with van der Waals surface area (Å²) < 4.78 is 37.1. The number of aliphatic hydroxyl groups excluding tert-OH is 7. The Morgan fingerprint density at radius 2 is 1.58 bits per heavy atom. The monoisotopic (exact) mass is 754 g/mol. The van der Waals surface area contributed by atoms with E-state index in [1.54, 1.807) is 0 Å². The molecule has 0 aromatic rings. The normalized spacial score (nSPS) is 59.5. The molecule has 22 unspecified atom stereocenters. The predicted molar refractivity (Wildman–Crippen MR) is 184 cm³/mol. The first-order chi connectivity index (χ1) is 25.0. The van der Waals surface area contributed by atoms with Gasteiger partial charge < -0.3 is 69.3 Å². The molecule has 4 aliphatic heterocycles. The Morgan fingerprint density at radius 1 is 0.830 bits per heavy atom. The Balaban J connectivity index is 1.01. The fourth-order valence-electron chi connectivity index (χ4n) is 12.4. The van der Waals surface area contributed by atoms with Crippen molar-refractivity contribution in [2.24, 2.45) is 40.4 Å². The summed E-state index contributed by atoms with van der Waals surface area (Å²) in [5.41, 5.74) is -0.497. The van der Waals surface area contributed by atoms with Gasteiger partial charge in [-0.2, -0.15) is 0 Å². The van der Waals surface area contributed by atoms with Gasteiger partial charge >= 0.3 is 0 Å². The van der Waals surface area contributed by atoms with Crippen LogP contribution in [-0.2, 0) is 28.4 Å². The summed E-state index contributed by atoms with van der Waals surface area (Å²) in [6, 6.07) is 0. The van der Waals surface area contributed by atoms with Crippen LogP contribution < -0.4 is 0 Å². The second kappa shape index (κ2) is 13.6. The predicted octanol–water partition coefficient (Wildman–Crippen LogP) is 0.476. The molecule has 8 rings (SSSR count). The van der Waals surface area contributed by atoms with Crippen molar-refractivity contribution in [1.82, 2.24) is 0 Å². The minimum absolute atomic E-state index is 0.0383. The number of ether oxygens (including phenoxy) is 6. The third kappa shape index (κ3) is 5.87. The highest BCUT2D eigenvalue weighted by Gasteiger charge is 2.70. The van der Waals surface area contributed by atoms with Gasteiger partial charge in [0.1, 0.15) is 42.7 Å². The highest BCUT2D eigenvalue weighted by atomic mass is 16.8. The van der Waals surface area contributed by atoms with Gasteiger partial charge in [-0.1, -0.05) is 39.3 Å². The number of rotatable bonds is 5. The van der Waals surface area contributed by atoms with Crippen molar-refractivity contribution >= 4 is 0 Å². The molecule has 4 aliphatic carbocycles. The molecule has 302 valence electrons. The first-order valence-corrected chi connectivity index (χ1v) is 20.0. The molecule has 22 atom stereocenters. The van der Waals surface area contributed by atoms with Crippen molar-refractivity contribution in [3.8, 4) is 0 Å². The molecule has 0 aromatic heterocycles. The van der Waals surface area contributed by atoms with Crippen LogP contribution in [-0.4, -0.2) is 145 Å². The molecule has 4 saturated heterocycles. The first-order valence-electron chi connectivity index (χ1n) is 20.0. The van der Waals surface area contributed by atoms with Crippen LogP contribution in [0.25, 0.3) is 0 Å². The Labute approximate surface area is 311 Å². The van der Waals surface area contributed by atoms with Gasteiger partial charge in [-0.25, -0.2) is 0 Å². The number of aliphatic hydroxyl groups is 8. The molecule has 8 N–H and O–H groups in total. The van der Waals surface area contributed by atoms with Crippen LogP contribution in [0.4, 0.5) is 0 Å². The Morgan fingerprint density at radius 3 is 2.28 bits per heavy atom. The standard InChI is InChI=1S/C39H62O14/c1-17-6-11-39(48-16-17)18(2)27-24(53-39)12-22-20-7-10-38(47)14-25(23(41)13-37(38,5)21(20)8-9-36(22,27)4)50-35-33(31(45)29(43)26(15-40)51-35)52-34-32(46)30(44)28(42)19(3)49-34/h7,17-19,21-35,40-47H,6,8-16H2,1-5H3. The van der Waals surface area contributed by atoms with Crippen LogP contribution in [0, 0.1) is 40.4 Å². The van der Waals surface area contributed by atoms with Gasteiger partial charge in [-0.05, 0) is 74.5 Å². The number of hydrogen-bond donors (Lipinski definition) is 8. The Hall–Kier alpha value is -0.820. The maximum atomic E-state index is 12.6. The molecule has 0 aromatic carbocycles. The van der Waals surface area contributed by atoms with Crippen LogP contribution >= 0.6 is 0 Å². The zero-order valence-corrected chi connectivity index (χ0v) is 31.6. The SMILES string of the molecule is CC1CCC2(OC1)OC1CC3C4=CCC5(O)CC(OC6OC(CO)C(O)C(O)C6OC6OC(C)C(O)C(O)C6O)C(O)CC5(C)C4CCC3(C)C1C2C. The molecule has 1 spiro atoms. The van der Waals surface area contributed by atoms with E-state index in [4.69, 9.17) is 28.4 Å². The molecule has 14 nitrogen and oxygen atoms in total. The summed E-state index contributed by atoms with van der Waals surface area (Å²) in [6.07, 6.45) is -8.87. The number of allylic oxidation sites excluding steroid dienone is 1. The molecule has 53 heavy (non-hydrogen) atoms. The molecule has 4 heterocycles. The fraction of sp³-hybridized carbons (Fsp3) is 0.949. The lowest BCUT2D eigenvalue weighted by molar-refractivity contribution is -0.375. The minimum atomic E-state index is -1.70. The molecule has 0 radical (unpaired) electrons. The van der Waals surface area contributed by atoms with Gasteiger partial charge in [0.25, 0.3) is 0 Å². The van der Waals surface area contributed by atoms with Gasteiger partial charge in [0, 0.05) is 24.2 Å². The van der Waals surface area contributed by atoms with E-state index in [-0.39, 0.29) is 36.2 Å². The summed E-state index contributed by atoms with van der Waals surface area (Å²) in [6.45, 7) is 10.6. The third-order valence-corrected chi connectivity index (χ3v) is 15.7. The van der Waals surface area contributed by atoms with Crippen LogP contribution in [0.2, 0.25) is 0 Å². The number of hydrogen-bond acceptors (Lipinski definition) is 14. The minimum Gasteiger partial charge on any atom is -0.394 e. The van der Waals surface area contributed by atoms with Gasteiger partial charge in [0.05, 0.1) is 43.2 Å². The van der Waals surface area contributed by atoms with E-state index in [0.717, 1.165) is 38.7 Å². The quantitative estimate of drug-likeness (QED) is 0.179. The van der Waals surface area contributed by atoms with Crippen LogP contribution in [0.15, 0.2) is 11.6 Å². The van der Waals surface area contributed by atoms with Crippen LogP contribution in [0.1, 0.15) is 86.0 Å². The average Bonchev–Trinajstić information content (AvgIpc) is 3.56. The maximum absolute atomic E-state index is 12.6. The first kappa shape index (κ1) is 39.0. The topological polar surface area (TPSA) is 217 Å². The highest BCUT2D eigenvalue weighted by Crippen LogP contribution is 2.71. The summed E-state index contributed by atoms with van der Waals surface area (Å²) in [5.74, 6) is 1.07. The second-order valence-corrected chi connectivity index (χ2v) is 18.6. The summed E-state index contributed by atoms with van der Waals surface area (Å²) in [7, 11) is 0. The average molecular weight is 755 g/mol. The van der Waals surface area contributed by atoms with Crippen molar-refractivity contribution in [3.63, 3.8) is 0 Å². The maximum Gasteiger partial charge on any atom is 0.187 e. The van der Waals surface area contributed by atoms with E-state index in [2.05, 4.69) is 33.8 Å². The van der Waals surface area contributed by atoms with E-state index >= 15 is 0 Å². The molecular weight excluding hydrogens is 692 g/mol. The molecule has 0 bridgehead atoms. The fourth-order valence-corrected chi connectivity index (χ4v) is 12.4. The van der Waals surface area contributed by atoms with Crippen molar-refractivity contribution in [2.45, 2.75) is 177 Å². The molecule has 7 fully saturated rings. The summed E-state index contributed by atoms with van der Waals surface area (Å²) in [4.78, 5) is 0. The molecular formula is C39H62O14. The van der Waals surface area contributed by atoms with Crippen molar-refractivity contribution in [3.05, 3.63) is 11.6 Å². The number of fused-ring (bicyclic) bond motifs is 7. The molecule has 0 amide bonds. The van der Waals surface area contributed by atoms with E-state index < -0.39 is 97.0 Å².